The van der Waals surface area contributed by atoms with Crippen LogP contribution in [0, 0.1) is 34.5 Å². The number of benzene rings is 1. The summed E-state index contributed by atoms with van der Waals surface area (Å²) in [6.45, 7) is 4.83. The van der Waals surface area contributed by atoms with Crippen LogP contribution >= 0.6 is 38.6 Å². The molecule has 3 rings (SSSR count). The Morgan fingerprint density at radius 2 is 1.90 bits per heavy atom. The molecule has 7 nitrogen and oxygen atoms in total. The van der Waals surface area contributed by atoms with Gasteiger partial charge >= 0.3 is 6.09 Å². The SMILES string of the molecule is CC(C)(COC(=O)N[C@@H](CC1CCCCC1)C(=O)C[C@H](C#N)CC1CCNC1=O)Cc1cccc(Cl)c1.S.S. The van der Waals surface area contributed by atoms with Crippen LogP contribution in [0.1, 0.15) is 77.2 Å². The summed E-state index contributed by atoms with van der Waals surface area (Å²) in [5.41, 5.74) is 0.740. The monoisotopic (exact) mass is 597 g/mol. The lowest BCUT2D eigenvalue weighted by Gasteiger charge is -2.28. The molecule has 2 fully saturated rings. The van der Waals surface area contributed by atoms with E-state index in [9.17, 15) is 19.6 Å². The lowest BCUT2D eigenvalue weighted by molar-refractivity contribution is -0.124. The molecule has 2 N–H and O–H groups in total. The number of ether oxygens (including phenoxy) is 1. The fraction of sp³-hybridized carbons (Fsp3) is 0.655. The van der Waals surface area contributed by atoms with E-state index in [1.807, 2.05) is 38.1 Å². The fourth-order valence-electron chi connectivity index (χ4n) is 5.50. The van der Waals surface area contributed by atoms with Crippen molar-refractivity contribution in [3.63, 3.8) is 0 Å². The molecule has 218 valence electrons. The van der Waals surface area contributed by atoms with Gasteiger partial charge in [0.15, 0.2) is 5.78 Å². The molecule has 1 aliphatic carbocycles. The first kappa shape index (κ1) is 35.1. The van der Waals surface area contributed by atoms with Crippen molar-refractivity contribution >= 4 is 56.4 Å². The zero-order valence-corrected chi connectivity index (χ0v) is 25.8. The third-order valence-electron chi connectivity index (χ3n) is 7.50. The molecule has 10 heteroatoms. The van der Waals surface area contributed by atoms with E-state index >= 15 is 0 Å². The summed E-state index contributed by atoms with van der Waals surface area (Å²) in [5, 5.41) is 15.9. The number of rotatable bonds is 12. The smallest absolute Gasteiger partial charge is 0.407 e. The maximum absolute atomic E-state index is 13.3. The third-order valence-corrected chi connectivity index (χ3v) is 7.74. The fourth-order valence-corrected chi connectivity index (χ4v) is 5.72. The molecule has 1 aromatic carbocycles. The predicted molar refractivity (Wildman–Crippen MR) is 164 cm³/mol. The number of halogens is 1. The maximum atomic E-state index is 13.3. The van der Waals surface area contributed by atoms with Gasteiger partial charge in [-0.3, -0.25) is 9.59 Å². The molecule has 1 heterocycles. The van der Waals surface area contributed by atoms with Gasteiger partial charge in [0.25, 0.3) is 0 Å². The van der Waals surface area contributed by atoms with Crippen molar-refractivity contribution < 1.29 is 19.1 Å². The third kappa shape index (κ3) is 12.0. The van der Waals surface area contributed by atoms with Crippen molar-refractivity contribution in [1.29, 1.82) is 5.26 Å². The van der Waals surface area contributed by atoms with E-state index in [-0.39, 0.29) is 63.0 Å². The number of ketones is 1. The van der Waals surface area contributed by atoms with Gasteiger partial charge < -0.3 is 15.4 Å². The van der Waals surface area contributed by atoms with Crippen LogP contribution in [-0.4, -0.2) is 37.0 Å². The highest BCUT2D eigenvalue weighted by Gasteiger charge is 2.32. The molecular weight excluding hydrogens is 554 g/mol. The Hall–Kier alpha value is -1.89. The average molecular weight is 598 g/mol. The number of hydrogen-bond donors (Lipinski definition) is 2. The molecule has 0 bridgehead atoms. The van der Waals surface area contributed by atoms with Crippen LogP contribution in [0.25, 0.3) is 0 Å². The molecule has 2 amide bonds. The van der Waals surface area contributed by atoms with Crippen LogP contribution in [0.4, 0.5) is 4.79 Å². The highest BCUT2D eigenvalue weighted by Crippen LogP contribution is 2.29. The summed E-state index contributed by atoms with van der Waals surface area (Å²) in [6, 6.07) is 9.14. The van der Waals surface area contributed by atoms with E-state index in [0.717, 1.165) is 31.2 Å². The molecule has 0 aromatic heterocycles. The van der Waals surface area contributed by atoms with E-state index in [0.29, 0.717) is 43.2 Å². The minimum atomic E-state index is -0.695. The number of hydrogen-bond acceptors (Lipinski definition) is 5. The van der Waals surface area contributed by atoms with Crippen molar-refractivity contribution in [2.24, 2.45) is 23.2 Å². The van der Waals surface area contributed by atoms with E-state index in [1.54, 1.807) is 0 Å². The number of alkyl carbamates (subject to hydrolysis) is 1. The van der Waals surface area contributed by atoms with Gasteiger partial charge in [0.1, 0.15) is 0 Å². The lowest BCUT2D eigenvalue weighted by Crippen LogP contribution is -2.44. The van der Waals surface area contributed by atoms with Crippen LogP contribution in [0.2, 0.25) is 5.02 Å². The number of Topliss-reactive ketones (excluding diaryl/α,β-unsaturated/α-hetero) is 1. The average Bonchev–Trinajstić information content (AvgIpc) is 3.26. The van der Waals surface area contributed by atoms with E-state index in [4.69, 9.17) is 16.3 Å². The van der Waals surface area contributed by atoms with Crippen LogP contribution in [0.15, 0.2) is 24.3 Å². The number of amides is 2. The second-order valence-corrected chi connectivity index (χ2v) is 11.9. The molecule has 1 unspecified atom stereocenters. The zero-order chi connectivity index (χ0) is 26.8. The van der Waals surface area contributed by atoms with Crippen molar-refractivity contribution in [3.8, 4) is 6.07 Å². The number of carbonyl (C=O) groups is 3. The first-order valence-electron chi connectivity index (χ1n) is 13.5. The molecule has 3 atom stereocenters. The number of nitrogens with zero attached hydrogens (tertiary/aromatic N) is 1. The van der Waals surface area contributed by atoms with Gasteiger partial charge in [-0.1, -0.05) is 69.7 Å². The molecule has 39 heavy (non-hydrogen) atoms. The van der Waals surface area contributed by atoms with Gasteiger partial charge in [-0.2, -0.15) is 32.3 Å². The van der Waals surface area contributed by atoms with Crippen LogP contribution in [0.3, 0.4) is 0 Å². The van der Waals surface area contributed by atoms with Gasteiger partial charge in [-0.15, -0.1) is 0 Å². The number of carbonyl (C=O) groups excluding carboxylic acids is 3. The molecule has 1 aromatic rings. The highest BCUT2D eigenvalue weighted by molar-refractivity contribution is 7.59. The van der Waals surface area contributed by atoms with Crippen molar-refractivity contribution in [2.45, 2.75) is 84.1 Å². The lowest BCUT2D eigenvalue weighted by atomic mass is 9.82. The van der Waals surface area contributed by atoms with Crippen molar-refractivity contribution in [3.05, 3.63) is 34.9 Å². The second kappa shape index (κ2) is 17.0. The van der Waals surface area contributed by atoms with Gasteiger partial charge in [-0.25, -0.2) is 4.79 Å². The minimum absolute atomic E-state index is 0. The Balaban J connectivity index is 0.00000380. The summed E-state index contributed by atoms with van der Waals surface area (Å²) in [4.78, 5) is 38.1. The quantitative estimate of drug-likeness (QED) is 0.315. The molecule has 0 radical (unpaired) electrons. The highest BCUT2D eigenvalue weighted by atomic mass is 35.5. The molecule has 1 saturated heterocycles. The van der Waals surface area contributed by atoms with Gasteiger partial charge in [0.2, 0.25) is 5.91 Å². The Labute approximate surface area is 252 Å². The maximum Gasteiger partial charge on any atom is 0.407 e. The predicted octanol–water partition coefficient (Wildman–Crippen LogP) is 5.82. The van der Waals surface area contributed by atoms with Crippen LogP contribution < -0.4 is 10.6 Å². The van der Waals surface area contributed by atoms with Gasteiger partial charge in [0.05, 0.1) is 24.6 Å². The summed E-state index contributed by atoms with van der Waals surface area (Å²) >= 11 is 6.10. The number of nitriles is 1. The Morgan fingerprint density at radius 1 is 1.18 bits per heavy atom. The van der Waals surface area contributed by atoms with E-state index < -0.39 is 18.1 Å². The largest absolute Gasteiger partial charge is 0.449 e. The van der Waals surface area contributed by atoms with E-state index in [2.05, 4.69) is 16.7 Å². The first-order valence-corrected chi connectivity index (χ1v) is 13.9. The van der Waals surface area contributed by atoms with Gasteiger partial charge in [-0.05, 0) is 49.3 Å². The van der Waals surface area contributed by atoms with Crippen LogP contribution in [-0.2, 0) is 20.7 Å². The second-order valence-electron chi connectivity index (χ2n) is 11.5. The first-order chi connectivity index (χ1) is 17.6. The minimum Gasteiger partial charge on any atom is -0.449 e. The Bertz CT molecular complexity index is 995. The Morgan fingerprint density at radius 3 is 2.51 bits per heavy atom. The molecular formula is C29H44ClN3O4S2. The van der Waals surface area contributed by atoms with Crippen molar-refractivity contribution in [2.75, 3.05) is 13.2 Å². The molecule has 1 aliphatic heterocycles. The van der Waals surface area contributed by atoms with E-state index in [1.165, 1.54) is 6.42 Å². The van der Waals surface area contributed by atoms with Crippen LogP contribution in [0.5, 0.6) is 0 Å². The summed E-state index contributed by atoms with van der Waals surface area (Å²) < 4.78 is 5.58. The van der Waals surface area contributed by atoms with Gasteiger partial charge in [0, 0.05) is 29.3 Å². The standard InChI is InChI=1S/C29H40ClN3O4.2H2S/c1-29(2,17-21-9-6-10-24(30)14-21)19-37-28(36)33-25(15-20-7-4-3-5-8-20)26(34)16-22(18-31)13-23-11-12-32-27(23)35;;/h6,9-10,14,20,22-23,25H,3-5,7-8,11-13,15-17,19H2,1-2H3,(H,32,35)(H,33,36);2*1H2/t22-,23?,25+;;/m1../s1. The molecule has 2 aliphatic rings. The topological polar surface area (TPSA) is 108 Å². The summed E-state index contributed by atoms with van der Waals surface area (Å²) in [6.07, 6.45) is 7.25. The van der Waals surface area contributed by atoms with Crippen molar-refractivity contribution in [1.82, 2.24) is 10.6 Å². The zero-order valence-electron chi connectivity index (χ0n) is 23.1. The summed E-state index contributed by atoms with van der Waals surface area (Å²) in [7, 11) is 0. The number of nitrogens with one attached hydrogen (secondary N) is 2. The molecule has 0 spiro atoms. The normalized spacial score (nSPS) is 18.9. The summed E-state index contributed by atoms with van der Waals surface area (Å²) in [5.74, 6) is -0.624. The Kier molecular flexibility index (Phi) is 15.4. The molecule has 1 saturated carbocycles.